The van der Waals surface area contributed by atoms with Gasteiger partial charge in [-0.15, -0.1) is 13.2 Å². The average Bonchev–Trinajstić information content (AvgIpc) is 2.15. The Morgan fingerprint density at radius 1 is 1.27 bits per heavy atom. The Kier molecular flexibility index (Phi) is 3.41. The van der Waals surface area contributed by atoms with Gasteiger partial charge in [0.25, 0.3) is 0 Å². The van der Waals surface area contributed by atoms with Crippen LogP contribution in [0.4, 0.5) is 13.2 Å². The highest BCUT2D eigenvalue weighted by atomic mass is 35.5. The van der Waals surface area contributed by atoms with Gasteiger partial charge in [0.15, 0.2) is 5.17 Å². The zero-order valence-electron chi connectivity index (χ0n) is 7.12. The van der Waals surface area contributed by atoms with Crippen LogP contribution in [0.15, 0.2) is 29.4 Å². The van der Waals surface area contributed by atoms with E-state index in [4.69, 9.17) is 16.8 Å². The van der Waals surface area contributed by atoms with Gasteiger partial charge in [-0.25, -0.2) is 0 Å². The maximum atomic E-state index is 11.8. The van der Waals surface area contributed by atoms with E-state index < -0.39 is 6.36 Å². The molecule has 0 aliphatic carbocycles. The first-order chi connectivity index (χ1) is 6.92. The molecule has 0 saturated heterocycles. The molecule has 0 atom stereocenters. The lowest BCUT2D eigenvalue weighted by molar-refractivity contribution is -0.274. The first kappa shape index (κ1) is 11.6. The molecule has 1 aromatic rings. The molecule has 7 heteroatoms. The number of rotatable bonds is 2. The second kappa shape index (κ2) is 4.39. The van der Waals surface area contributed by atoms with Crippen LogP contribution in [0.25, 0.3) is 0 Å². The molecule has 0 aromatic heterocycles. The van der Waals surface area contributed by atoms with E-state index in [1.54, 1.807) is 0 Å². The van der Waals surface area contributed by atoms with Crippen molar-refractivity contribution in [2.45, 2.75) is 6.36 Å². The summed E-state index contributed by atoms with van der Waals surface area (Å²) in [6, 6.07) is 4.61. The Labute approximate surface area is 87.7 Å². The number of nitrogens with zero attached hydrogens (tertiary/aromatic N) is 1. The minimum atomic E-state index is -4.73. The zero-order chi connectivity index (χ0) is 11.5. The maximum Gasteiger partial charge on any atom is 0.573 e. The van der Waals surface area contributed by atoms with Crippen molar-refractivity contribution in [3.8, 4) is 5.75 Å². The number of ether oxygens (including phenoxy) is 1. The van der Waals surface area contributed by atoms with Gasteiger partial charge >= 0.3 is 6.36 Å². The monoisotopic (exact) mass is 239 g/mol. The summed E-state index contributed by atoms with van der Waals surface area (Å²) < 4.78 is 38.9. The lowest BCUT2D eigenvalue weighted by atomic mass is 10.2. The number of hydrogen-bond donors (Lipinski definition) is 1. The maximum absolute atomic E-state index is 11.8. The van der Waals surface area contributed by atoms with E-state index >= 15 is 0 Å². The summed E-state index contributed by atoms with van der Waals surface area (Å²) in [5, 5.41) is 10.8. The molecule has 3 nitrogen and oxygen atoms in total. The fraction of sp³-hybridized carbons (Fsp3) is 0.125. The predicted molar refractivity (Wildman–Crippen MR) is 47.3 cm³/mol. The van der Waals surface area contributed by atoms with E-state index in [1.807, 2.05) is 0 Å². The zero-order valence-corrected chi connectivity index (χ0v) is 7.88. The molecule has 0 saturated carbocycles. The molecule has 15 heavy (non-hydrogen) atoms. The summed E-state index contributed by atoms with van der Waals surface area (Å²) in [5.41, 5.74) is 0.286. The van der Waals surface area contributed by atoms with Gasteiger partial charge < -0.3 is 9.94 Å². The quantitative estimate of drug-likeness (QED) is 0.490. The number of benzene rings is 1. The highest BCUT2D eigenvalue weighted by Crippen LogP contribution is 2.23. The van der Waals surface area contributed by atoms with Crippen molar-refractivity contribution in [1.82, 2.24) is 0 Å². The van der Waals surface area contributed by atoms with Crippen LogP contribution < -0.4 is 4.74 Å². The fourth-order valence-electron chi connectivity index (χ4n) is 0.852. The Hall–Kier alpha value is -1.43. The highest BCUT2D eigenvalue weighted by Gasteiger charge is 2.30. The number of hydrogen-bond acceptors (Lipinski definition) is 3. The Balaban J connectivity index is 2.82. The standard InChI is InChI=1S/C8H5ClF3NO2/c9-7(13-14)5-1-3-6(4-2-5)15-8(10,11)12/h1-4,14H/b13-7-. The van der Waals surface area contributed by atoms with Crippen LogP contribution in [-0.2, 0) is 0 Å². The van der Waals surface area contributed by atoms with Crippen molar-refractivity contribution < 1.29 is 23.1 Å². The van der Waals surface area contributed by atoms with Crippen LogP contribution in [0.2, 0.25) is 0 Å². The van der Waals surface area contributed by atoms with E-state index in [-0.39, 0.29) is 16.5 Å². The minimum absolute atomic E-state index is 0.214. The van der Waals surface area contributed by atoms with Crippen LogP contribution in [-0.4, -0.2) is 16.7 Å². The van der Waals surface area contributed by atoms with Gasteiger partial charge in [-0.2, -0.15) is 0 Å². The van der Waals surface area contributed by atoms with Crippen molar-refractivity contribution in [1.29, 1.82) is 0 Å². The first-order valence-electron chi connectivity index (χ1n) is 3.66. The third kappa shape index (κ3) is 3.67. The largest absolute Gasteiger partial charge is 0.573 e. The molecule has 0 amide bonds. The molecule has 0 fully saturated rings. The fourth-order valence-corrected chi connectivity index (χ4v) is 0.978. The first-order valence-corrected chi connectivity index (χ1v) is 4.04. The van der Waals surface area contributed by atoms with Crippen molar-refractivity contribution >= 4 is 16.8 Å². The molecule has 0 radical (unpaired) electrons. The van der Waals surface area contributed by atoms with Crippen molar-refractivity contribution in [2.75, 3.05) is 0 Å². The second-order valence-corrected chi connectivity index (χ2v) is 2.82. The minimum Gasteiger partial charge on any atom is -0.410 e. The highest BCUT2D eigenvalue weighted by molar-refractivity contribution is 6.69. The molecule has 1 N–H and O–H groups in total. The van der Waals surface area contributed by atoms with Crippen LogP contribution in [0.5, 0.6) is 5.75 Å². The van der Waals surface area contributed by atoms with Gasteiger partial charge in [-0.1, -0.05) is 16.8 Å². The lowest BCUT2D eigenvalue weighted by Crippen LogP contribution is -2.17. The molecule has 0 aliphatic rings. The summed E-state index contributed by atoms with van der Waals surface area (Å²) in [6.07, 6.45) is -4.73. The smallest absolute Gasteiger partial charge is 0.410 e. The van der Waals surface area contributed by atoms with E-state index in [0.29, 0.717) is 0 Å². The van der Waals surface area contributed by atoms with Gasteiger partial charge in [0.05, 0.1) is 0 Å². The van der Waals surface area contributed by atoms with E-state index in [9.17, 15) is 13.2 Å². The van der Waals surface area contributed by atoms with Gasteiger partial charge in [-0.05, 0) is 24.3 Å². The summed E-state index contributed by atoms with van der Waals surface area (Å²) in [6.45, 7) is 0. The predicted octanol–water partition coefficient (Wildman–Crippen LogP) is 2.96. The topological polar surface area (TPSA) is 41.8 Å². The summed E-state index contributed by atoms with van der Waals surface area (Å²) in [7, 11) is 0. The summed E-state index contributed by atoms with van der Waals surface area (Å²) >= 11 is 5.41. The normalized spacial score (nSPS) is 12.7. The van der Waals surface area contributed by atoms with Gasteiger partial charge in [0.2, 0.25) is 0 Å². The lowest BCUT2D eigenvalue weighted by Gasteiger charge is -2.08. The number of halogens is 4. The molecule has 0 bridgehead atoms. The molecular formula is C8H5ClF3NO2. The number of oxime groups is 1. The Bertz CT molecular complexity index is 361. The molecule has 0 unspecified atom stereocenters. The molecule has 0 spiro atoms. The SMILES string of the molecule is O/N=C(\Cl)c1ccc(OC(F)(F)F)cc1. The van der Waals surface area contributed by atoms with Crippen LogP contribution >= 0.6 is 11.6 Å². The molecule has 0 heterocycles. The molecule has 1 aromatic carbocycles. The van der Waals surface area contributed by atoms with Crippen molar-refractivity contribution in [3.05, 3.63) is 29.8 Å². The van der Waals surface area contributed by atoms with Crippen LogP contribution in [0, 0.1) is 0 Å². The van der Waals surface area contributed by atoms with Gasteiger partial charge in [0, 0.05) is 5.56 Å². The van der Waals surface area contributed by atoms with E-state index in [1.165, 1.54) is 12.1 Å². The molecular weight excluding hydrogens is 235 g/mol. The van der Waals surface area contributed by atoms with Gasteiger partial charge in [0.1, 0.15) is 5.75 Å². The third-order valence-electron chi connectivity index (χ3n) is 1.41. The van der Waals surface area contributed by atoms with E-state index in [0.717, 1.165) is 12.1 Å². The molecule has 82 valence electrons. The molecule has 0 aliphatic heterocycles. The average molecular weight is 240 g/mol. The Morgan fingerprint density at radius 2 is 1.80 bits per heavy atom. The third-order valence-corrected chi connectivity index (χ3v) is 1.71. The van der Waals surface area contributed by atoms with Gasteiger partial charge in [-0.3, -0.25) is 0 Å². The van der Waals surface area contributed by atoms with Crippen molar-refractivity contribution in [3.63, 3.8) is 0 Å². The summed E-state index contributed by atoms with van der Waals surface area (Å²) in [4.78, 5) is 0. The van der Waals surface area contributed by atoms with E-state index in [2.05, 4.69) is 9.89 Å². The second-order valence-electron chi connectivity index (χ2n) is 2.46. The summed E-state index contributed by atoms with van der Waals surface area (Å²) in [5.74, 6) is -0.367. The van der Waals surface area contributed by atoms with Crippen LogP contribution in [0.3, 0.4) is 0 Å². The Morgan fingerprint density at radius 3 is 2.20 bits per heavy atom. The van der Waals surface area contributed by atoms with Crippen LogP contribution in [0.1, 0.15) is 5.56 Å². The number of alkyl halides is 3. The molecule has 1 rings (SSSR count). The van der Waals surface area contributed by atoms with Crippen molar-refractivity contribution in [2.24, 2.45) is 5.16 Å².